The average molecular weight is 237 g/mol. The van der Waals surface area contributed by atoms with Gasteiger partial charge in [-0.05, 0) is 25.5 Å². The number of nitrogens with two attached hydrogens (primary N) is 1. The quantitative estimate of drug-likeness (QED) is 0.377. The van der Waals surface area contributed by atoms with Crippen molar-refractivity contribution in [3.8, 4) is 0 Å². The largest absolute Gasteiger partial charge is 0.382 e. The molecule has 1 aromatic rings. The molecule has 0 spiro atoms. The van der Waals surface area contributed by atoms with E-state index in [4.69, 9.17) is 10.6 Å². The standard InChI is InChI=1S/C12H19N3O2/c1-2-17-9-5-8-14-12(16)10-6-3-4-7-11(10)15-13/h3-4,6-7,15H,2,5,8-9,13H2,1H3,(H,14,16). The number of para-hydroxylation sites is 1. The highest BCUT2D eigenvalue weighted by Crippen LogP contribution is 2.12. The number of hydrogen-bond acceptors (Lipinski definition) is 4. The Labute approximate surface area is 101 Å². The Hall–Kier alpha value is -1.59. The van der Waals surface area contributed by atoms with Gasteiger partial charge in [-0.3, -0.25) is 10.6 Å². The van der Waals surface area contributed by atoms with Crippen LogP contribution in [0, 0.1) is 0 Å². The van der Waals surface area contributed by atoms with Gasteiger partial charge in [-0.2, -0.15) is 0 Å². The predicted molar refractivity (Wildman–Crippen MR) is 67.7 cm³/mol. The average Bonchev–Trinajstić information content (AvgIpc) is 2.38. The van der Waals surface area contributed by atoms with E-state index >= 15 is 0 Å². The summed E-state index contributed by atoms with van der Waals surface area (Å²) in [6.07, 6.45) is 0.803. The molecule has 0 aliphatic heterocycles. The molecule has 0 radical (unpaired) electrons. The molecule has 1 amide bonds. The topological polar surface area (TPSA) is 76.4 Å². The van der Waals surface area contributed by atoms with Crippen LogP contribution in [0.5, 0.6) is 0 Å². The SMILES string of the molecule is CCOCCCNC(=O)c1ccccc1NN. The molecule has 0 aliphatic rings. The van der Waals surface area contributed by atoms with E-state index in [1.165, 1.54) is 0 Å². The number of carbonyl (C=O) groups is 1. The Morgan fingerprint density at radius 2 is 2.18 bits per heavy atom. The summed E-state index contributed by atoms with van der Waals surface area (Å²) in [7, 11) is 0. The Kier molecular flexibility index (Phi) is 6.06. The minimum Gasteiger partial charge on any atom is -0.382 e. The lowest BCUT2D eigenvalue weighted by Gasteiger charge is -2.09. The summed E-state index contributed by atoms with van der Waals surface area (Å²) >= 11 is 0. The summed E-state index contributed by atoms with van der Waals surface area (Å²) in [5.74, 6) is 5.20. The van der Waals surface area contributed by atoms with Gasteiger partial charge in [0.25, 0.3) is 5.91 Å². The highest BCUT2D eigenvalue weighted by molar-refractivity contribution is 5.99. The van der Waals surface area contributed by atoms with Crippen molar-refractivity contribution in [3.63, 3.8) is 0 Å². The Balaban J connectivity index is 2.41. The molecule has 1 rings (SSSR count). The van der Waals surface area contributed by atoms with Crippen molar-refractivity contribution in [3.05, 3.63) is 29.8 Å². The van der Waals surface area contributed by atoms with Crippen LogP contribution in [0.25, 0.3) is 0 Å². The number of carbonyl (C=O) groups excluding carboxylic acids is 1. The number of nitrogens with one attached hydrogen (secondary N) is 2. The third-order valence-electron chi connectivity index (χ3n) is 2.28. The third kappa shape index (κ3) is 4.42. The number of rotatable bonds is 7. The molecule has 0 aromatic heterocycles. The van der Waals surface area contributed by atoms with Gasteiger partial charge in [0.15, 0.2) is 0 Å². The summed E-state index contributed by atoms with van der Waals surface area (Å²) in [5, 5.41) is 2.82. The fourth-order valence-electron chi connectivity index (χ4n) is 1.42. The molecule has 0 saturated heterocycles. The highest BCUT2D eigenvalue weighted by Gasteiger charge is 2.08. The molecule has 94 valence electrons. The number of nitrogen functional groups attached to an aromatic ring is 1. The smallest absolute Gasteiger partial charge is 0.253 e. The molecular weight excluding hydrogens is 218 g/mol. The van der Waals surface area contributed by atoms with Crippen LogP contribution in [0.4, 0.5) is 5.69 Å². The first-order chi connectivity index (χ1) is 8.29. The number of amides is 1. The molecule has 0 bridgehead atoms. The van der Waals surface area contributed by atoms with Gasteiger partial charge in [-0.15, -0.1) is 0 Å². The molecule has 1 aromatic carbocycles. The van der Waals surface area contributed by atoms with Crippen LogP contribution in [0.1, 0.15) is 23.7 Å². The van der Waals surface area contributed by atoms with Gasteiger partial charge in [-0.25, -0.2) is 0 Å². The van der Waals surface area contributed by atoms with E-state index in [2.05, 4.69) is 10.7 Å². The van der Waals surface area contributed by atoms with E-state index < -0.39 is 0 Å². The molecule has 0 aliphatic carbocycles. The van der Waals surface area contributed by atoms with Crippen LogP contribution in [-0.4, -0.2) is 25.7 Å². The van der Waals surface area contributed by atoms with E-state index in [-0.39, 0.29) is 5.91 Å². The normalized spacial score (nSPS) is 10.0. The lowest BCUT2D eigenvalue weighted by molar-refractivity contribution is 0.0945. The van der Waals surface area contributed by atoms with Gasteiger partial charge in [0.05, 0.1) is 11.3 Å². The van der Waals surface area contributed by atoms with Gasteiger partial charge in [0, 0.05) is 19.8 Å². The maximum Gasteiger partial charge on any atom is 0.253 e. The third-order valence-corrected chi connectivity index (χ3v) is 2.28. The maximum atomic E-state index is 11.8. The molecule has 5 heteroatoms. The first kappa shape index (κ1) is 13.5. The summed E-state index contributed by atoms with van der Waals surface area (Å²) in [5.41, 5.74) is 3.67. The maximum absolute atomic E-state index is 11.8. The number of anilines is 1. The lowest BCUT2D eigenvalue weighted by atomic mass is 10.1. The van der Waals surface area contributed by atoms with Crippen LogP contribution in [0.3, 0.4) is 0 Å². The van der Waals surface area contributed by atoms with Gasteiger partial charge in [0.1, 0.15) is 0 Å². The molecule has 0 atom stereocenters. The van der Waals surface area contributed by atoms with Crippen LogP contribution < -0.4 is 16.6 Å². The minimum atomic E-state index is -0.130. The zero-order valence-corrected chi connectivity index (χ0v) is 10.0. The van der Waals surface area contributed by atoms with Crippen molar-refractivity contribution < 1.29 is 9.53 Å². The fourth-order valence-corrected chi connectivity index (χ4v) is 1.42. The van der Waals surface area contributed by atoms with Gasteiger partial charge in [0.2, 0.25) is 0 Å². The number of ether oxygens (including phenoxy) is 1. The lowest BCUT2D eigenvalue weighted by Crippen LogP contribution is -2.26. The van der Waals surface area contributed by atoms with Crippen LogP contribution in [-0.2, 0) is 4.74 Å². The molecule has 4 N–H and O–H groups in total. The molecule has 17 heavy (non-hydrogen) atoms. The first-order valence-electron chi connectivity index (χ1n) is 5.71. The Morgan fingerprint density at radius 3 is 2.88 bits per heavy atom. The van der Waals surface area contributed by atoms with Crippen molar-refractivity contribution >= 4 is 11.6 Å². The molecule has 5 nitrogen and oxygen atoms in total. The molecular formula is C12H19N3O2. The van der Waals surface area contributed by atoms with Crippen molar-refractivity contribution in [1.29, 1.82) is 0 Å². The van der Waals surface area contributed by atoms with E-state index in [0.717, 1.165) is 6.42 Å². The van der Waals surface area contributed by atoms with E-state index in [9.17, 15) is 4.79 Å². The van der Waals surface area contributed by atoms with E-state index in [1.807, 2.05) is 13.0 Å². The highest BCUT2D eigenvalue weighted by atomic mass is 16.5. The van der Waals surface area contributed by atoms with Gasteiger partial charge < -0.3 is 15.5 Å². The van der Waals surface area contributed by atoms with E-state index in [0.29, 0.717) is 31.0 Å². The fraction of sp³-hybridized carbons (Fsp3) is 0.417. The van der Waals surface area contributed by atoms with Gasteiger partial charge in [-0.1, -0.05) is 12.1 Å². The monoisotopic (exact) mass is 237 g/mol. The minimum absolute atomic E-state index is 0.130. The molecule has 0 saturated carbocycles. The summed E-state index contributed by atoms with van der Waals surface area (Å²) in [4.78, 5) is 11.8. The number of hydrazine groups is 1. The van der Waals surface area contributed by atoms with Crippen molar-refractivity contribution in [2.24, 2.45) is 5.84 Å². The van der Waals surface area contributed by atoms with E-state index in [1.54, 1.807) is 18.2 Å². The Bertz CT molecular complexity index is 355. The predicted octanol–water partition coefficient (Wildman–Crippen LogP) is 1.13. The second-order valence-corrected chi connectivity index (χ2v) is 3.50. The molecule has 0 heterocycles. The Morgan fingerprint density at radius 1 is 1.41 bits per heavy atom. The van der Waals surface area contributed by atoms with Crippen LogP contribution in [0.2, 0.25) is 0 Å². The first-order valence-corrected chi connectivity index (χ1v) is 5.71. The molecule has 0 unspecified atom stereocenters. The van der Waals surface area contributed by atoms with Crippen molar-refractivity contribution in [2.45, 2.75) is 13.3 Å². The van der Waals surface area contributed by atoms with Crippen LogP contribution in [0.15, 0.2) is 24.3 Å². The second kappa shape index (κ2) is 7.65. The van der Waals surface area contributed by atoms with Gasteiger partial charge >= 0.3 is 0 Å². The summed E-state index contributed by atoms with van der Waals surface area (Å²) in [6.45, 7) is 3.90. The number of hydrogen-bond donors (Lipinski definition) is 3. The molecule has 0 fully saturated rings. The van der Waals surface area contributed by atoms with Crippen molar-refractivity contribution in [1.82, 2.24) is 5.32 Å². The number of benzene rings is 1. The van der Waals surface area contributed by atoms with Crippen molar-refractivity contribution in [2.75, 3.05) is 25.2 Å². The summed E-state index contributed by atoms with van der Waals surface area (Å²) in [6, 6.07) is 7.11. The second-order valence-electron chi connectivity index (χ2n) is 3.50. The zero-order valence-electron chi connectivity index (χ0n) is 10.0. The summed E-state index contributed by atoms with van der Waals surface area (Å²) < 4.78 is 5.18. The zero-order chi connectivity index (χ0) is 12.5. The van der Waals surface area contributed by atoms with Crippen LogP contribution >= 0.6 is 0 Å².